The van der Waals surface area contributed by atoms with Crippen LogP contribution in [0.25, 0.3) is 10.9 Å². The van der Waals surface area contributed by atoms with Crippen molar-refractivity contribution in [1.82, 2.24) is 10.3 Å². The van der Waals surface area contributed by atoms with Crippen molar-refractivity contribution in [3.63, 3.8) is 0 Å². The van der Waals surface area contributed by atoms with Crippen LogP contribution in [0.4, 0.5) is 0 Å². The van der Waals surface area contributed by atoms with Gasteiger partial charge in [-0.05, 0) is 48.8 Å². The molecule has 2 aromatic rings. The summed E-state index contributed by atoms with van der Waals surface area (Å²) in [5.41, 5.74) is 2.65. The van der Waals surface area contributed by atoms with E-state index in [2.05, 4.69) is 48.4 Å². The molecule has 2 N–H and O–H groups in total. The number of nitrogens with one attached hydrogen (secondary N) is 2. The Balaban J connectivity index is 1.65. The van der Waals surface area contributed by atoms with Gasteiger partial charge in [-0.3, -0.25) is 0 Å². The van der Waals surface area contributed by atoms with E-state index in [9.17, 15) is 0 Å². The normalized spacial score (nSPS) is 27.8. The zero-order valence-electron chi connectivity index (χ0n) is 11.9. The summed E-state index contributed by atoms with van der Waals surface area (Å²) in [5, 5.41) is 5.11. The zero-order valence-corrected chi connectivity index (χ0v) is 11.9. The molecule has 1 aliphatic carbocycles. The van der Waals surface area contributed by atoms with Crippen LogP contribution in [0.5, 0.6) is 0 Å². The van der Waals surface area contributed by atoms with Crippen LogP contribution in [-0.4, -0.2) is 11.0 Å². The van der Waals surface area contributed by atoms with Crippen LogP contribution in [0, 0.1) is 11.8 Å². The molecule has 0 bridgehead atoms. The summed E-state index contributed by atoms with van der Waals surface area (Å²) in [6.45, 7) is 5.77. The summed E-state index contributed by atoms with van der Waals surface area (Å²) in [6.07, 6.45) is 6.05. The fraction of sp³-hybridized carbons (Fsp3) is 0.529. The van der Waals surface area contributed by atoms with Crippen molar-refractivity contribution in [3.05, 3.63) is 36.0 Å². The van der Waals surface area contributed by atoms with E-state index >= 15 is 0 Å². The Labute approximate surface area is 115 Å². The van der Waals surface area contributed by atoms with Crippen LogP contribution in [-0.2, 0) is 6.54 Å². The van der Waals surface area contributed by atoms with Gasteiger partial charge in [0.1, 0.15) is 0 Å². The van der Waals surface area contributed by atoms with Gasteiger partial charge >= 0.3 is 0 Å². The maximum Gasteiger partial charge on any atom is 0.0457 e. The number of benzene rings is 1. The van der Waals surface area contributed by atoms with Gasteiger partial charge in [-0.2, -0.15) is 0 Å². The molecule has 1 aromatic carbocycles. The molecule has 0 radical (unpaired) electrons. The lowest BCUT2D eigenvalue weighted by Crippen LogP contribution is -2.35. The second-order valence-corrected chi connectivity index (χ2v) is 6.20. The molecular weight excluding hydrogens is 232 g/mol. The van der Waals surface area contributed by atoms with Gasteiger partial charge in [-0.25, -0.2) is 0 Å². The average molecular weight is 256 g/mol. The van der Waals surface area contributed by atoms with Crippen LogP contribution in [0.1, 0.15) is 38.7 Å². The maximum absolute atomic E-state index is 3.76. The van der Waals surface area contributed by atoms with Crippen molar-refractivity contribution in [1.29, 1.82) is 0 Å². The number of H-pyrrole nitrogens is 1. The average Bonchev–Trinajstić information content (AvgIpc) is 2.89. The highest BCUT2D eigenvalue weighted by Gasteiger charge is 2.23. The van der Waals surface area contributed by atoms with E-state index in [-0.39, 0.29) is 0 Å². The van der Waals surface area contributed by atoms with E-state index in [1.54, 1.807) is 0 Å². The third kappa shape index (κ3) is 2.69. The smallest absolute Gasteiger partial charge is 0.0457 e. The van der Waals surface area contributed by atoms with Crippen molar-refractivity contribution in [2.75, 3.05) is 0 Å². The van der Waals surface area contributed by atoms with Gasteiger partial charge < -0.3 is 10.3 Å². The maximum atomic E-state index is 3.76. The first kappa shape index (κ1) is 12.7. The molecule has 3 rings (SSSR count). The standard InChI is InChI=1S/C17H24N2/c1-12-6-7-15(10-13(12)2)19-11-14-4-3-5-17-16(14)8-9-18-17/h3-5,8-9,12-13,15,18-19H,6-7,10-11H2,1-2H3. The summed E-state index contributed by atoms with van der Waals surface area (Å²) in [6, 6.07) is 9.39. The molecule has 102 valence electrons. The predicted octanol–water partition coefficient (Wildman–Crippen LogP) is 4.08. The molecule has 2 heteroatoms. The minimum atomic E-state index is 0.695. The number of hydrogen-bond donors (Lipinski definition) is 2. The summed E-state index contributed by atoms with van der Waals surface area (Å²) in [5.74, 6) is 1.75. The highest BCUT2D eigenvalue weighted by molar-refractivity contribution is 5.82. The molecule has 0 aliphatic heterocycles. The molecule has 3 atom stereocenters. The third-order valence-corrected chi connectivity index (χ3v) is 4.86. The zero-order chi connectivity index (χ0) is 13.2. The molecule has 3 unspecified atom stereocenters. The number of fused-ring (bicyclic) bond motifs is 1. The number of aromatic amines is 1. The third-order valence-electron chi connectivity index (χ3n) is 4.86. The lowest BCUT2D eigenvalue weighted by Gasteiger charge is -2.32. The molecule has 0 amide bonds. The molecule has 1 heterocycles. The first-order valence-corrected chi connectivity index (χ1v) is 7.52. The summed E-state index contributed by atoms with van der Waals surface area (Å²) >= 11 is 0. The van der Waals surface area contributed by atoms with Crippen molar-refractivity contribution in [3.8, 4) is 0 Å². The van der Waals surface area contributed by atoms with E-state index in [4.69, 9.17) is 0 Å². The number of hydrogen-bond acceptors (Lipinski definition) is 1. The molecule has 1 aliphatic rings. The largest absolute Gasteiger partial charge is 0.361 e. The summed E-state index contributed by atoms with van der Waals surface area (Å²) in [4.78, 5) is 3.28. The van der Waals surface area contributed by atoms with E-state index < -0.39 is 0 Å². The second kappa shape index (κ2) is 5.38. The van der Waals surface area contributed by atoms with E-state index in [1.807, 2.05) is 6.20 Å². The number of aromatic nitrogens is 1. The molecule has 19 heavy (non-hydrogen) atoms. The Morgan fingerprint density at radius 2 is 2.05 bits per heavy atom. The van der Waals surface area contributed by atoms with Crippen molar-refractivity contribution in [2.24, 2.45) is 11.8 Å². The van der Waals surface area contributed by atoms with Gasteiger partial charge in [0, 0.05) is 29.7 Å². The minimum absolute atomic E-state index is 0.695. The van der Waals surface area contributed by atoms with Gasteiger partial charge in [-0.1, -0.05) is 26.0 Å². The van der Waals surface area contributed by atoms with Crippen LogP contribution < -0.4 is 5.32 Å². The Kier molecular flexibility index (Phi) is 3.61. The fourth-order valence-electron chi connectivity index (χ4n) is 3.29. The predicted molar refractivity (Wildman–Crippen MR) is 81.1 cm³/mol. The van der Waals surface area contributed by atoms with Crippen LogP contribution in [0.15, 0.2) is 30.5 Å². The highest BCUT2D eigenvalue weighted by Crippen LogP contribution is 2.29. The quantitative estimate of drug-likeness (QED) is 0.850. The van der Waals surface area contributed by atoms with Crippen LogP contribution in [0.3, 0.4) is 0 Å². The number of rotatable bonds is 3. The second-order valence-electron chi connectivity index (χ2n) is 6.20. The van der Waals surface area contributed by atoms with E-state index in [0.29, 0.717) is 6.04 Å². The monoisotopic (exact) mass is 256 g/mol. The van der Waals surface area contributed by atoms with Gasteiger partial charge in [0.2, 0.25) is 0 Å². The molecule has 2 nitrogen and oxygen atoms in total. The summed E-state index contributed by atoms with van der Waals surface area (Å²) < 4.78 is 0. The Morgan fingerprint density at radius 1 is 1.16 bits per heavy atom. The highest BCUT2D eigenvalue weighted by atomic mass is 14.9. The lowest BCUT2D eigenvalue weighted by molar-refractivity contribution is 0.225. The van der Waals surface area contributed by atoms with E-state index in [1.165, 1.54) is 35.7 Å². The Hall–Kier alpha value is -1.28. The molecular formula is C17H24N2. The first-order valence-electron chi connectivity index (χ1n) is 7.52. The van der Waals surface area contributed by atoms with Crippen molar-refractivity contribution < 1.29 is 0 Å². The Bertz CT molecular complexity index is 543. The summed E-state index contributed by atoms with van der Waals surface area (Å²) in [7, 11) is 0. The van der Waals surface area contributed by atoms with Crippen molar-refractivity contribution >= 4 is 10.9 Å². The van der Waals surface area contributed by atoms with Gasteiger partial charge in [0.05, 0.1) is 0 Å². The van der Waals surface area contributed by atoms with Crippen molar-refractivity contribution in [2.45, 2.75) is 45.7 Å². The molecule has 0 saturated heterocycles. The van der Waals surface area contributed by atoms with Gasteiger partial charge in [0.25, 0.3) is 0 Å². The molecule has 1 saturated carbocycles. The minimum Gasteiger partial charge on any atom is -0.361 e. The molecule has 0 spiro atoms. The SMILES string of the molecule is CC1CCC(NCc2cccc3[nH]ccc23)CC1C. The molecule has 1 fully saturated rings. The first-order chi connectivity index (χ1) is 9.24. The van der Waals surface area contributed by atoms with Gasteiger partial charge in [0.15, 0.2) is 0 Å². The van der Waals surface area contributed by atoms with E-state index in [0.717, 1.165) is 18.4 Å². The van der Waals surface area contributed by atoms with Gasteiger partial charge in [-0.15, -0.1) is 0 Å². The molecule has 1 aromatic heterocycles. The lowest BCUT2D eigenvalue weighted by atomic mass is 9.79. The fourth-order valence-corrected chi connectivity index (χ4v) is 3.29. The Morgan fingerprint density at radius 3 is 2.89 bits per heavy atom. The van der Waals surface area contributed by atoms with Crippen LogP contribution >= 0.6 is 0 Å². The van der Waals surface area contributed by atoms with Crippen LogP contribution in [0.2, 0.25) is 0 Å². The topological polar surface area (TPSA) is 27.8 Å².